The van der Waals surface area contributed by atoms with Crippen LogP contribution in [-0.4, -0.2) is 43.8 Å². The molecule has 0 saturated heterocycles. The second-order valence-corrected chi connectivity index (χ2v) is 12.4. The highest BCUT2D eigenvalue weighted by Crippen LogP contribution is 2.35. The van der Waals surface area contributed by atoms with Crippen molar-refractivity contribution in [3.05, 3.63) is 93.7 Å². The molecule has 1 N–H and O–H groups in total. The minimum Gasteiger partial charge on any atom is -0.352 e. The molecule has 0 aliphatic rings. The molecule has 0 aliphatic carbocycles. The van der Waals surface area contributed by atoms with Gasteiger partial charge in [-0.2, -0.15) is 0 Å². The van der Waals surface area contributed by atoms with Crippen molar-refractivity contribution in [2.75, 3.05) is 10.8 Å². The summed E-state index contributed by atoms with van der Waals surface area (Å²) in [6.45, 7) is 6.66. The highest BCUT2D eigenvalue weighted by atomic mass is 35.5. The van der Waals surface area contributed by atoms with Crippen molar-refractivity contribution in [2.45, 2.75) is 64.1 Å². The van der Waals surface area contributed by atoms with E-state index in [0.717, 1.165) is 9.87 Å². The Hall–Kier alpha value is -3.14. The molecule has 41 heavy (non-hydrogen) atoms. The molecule has 0 saturated carbocycles. The Morgan fingerprint density at radius 1 is 0.951 bits per heavy atom. The molecule has 3 aromatic carbocycles. The van der Waals surface area contributed by atoms with Crippen LogP contribution in [0.2, 0.25) is 10.0 Å². The molecule has 2 atom stereocenters. The minimum atomic E-state index is -4.30. The Labute approximate surface area is 251 Å². The van der Waals surface area contributed by atoms with Gasteiger partial charge in [0.05, 0.1) is 20.6 Å². The topological polar surface area (TPSA) is 86.8 Å². The van der Waals surface area contributed by atoms with E-state index in [-0.39, 0.29) is 45.5 Å². The summed E-state index contributed by atoms with van der Waals surface area (Å²) in [5.74, 6) is -1.46. The van der Waals surface area contributed by atoms with Crippen LogP contribution in [0.4, 0.5) is 10.1 Å². The number of benzene rings is 3. The van der Waals surface area contributed by atoms with Gasteiger partial charge in [0.15, 0.2) is 0 Å². The van der Waals surface area contributed by atoms with Gasteiger partial charge in [-0.1, -0.05) is 72.9 Å². The highest BCUT2D eigenvalue weighted by molar-refractivity contribution is 7.92. The Balaban J connectivity index is 2.10. The number of halogens is 3. The van der Waals surface area contributed by atoms with E-state index in [1.54, 1.807) is 19.1 Å². The molecule has 0 fully saturated rings. The van der Waals surface area contributed by atoms with Crippen molar-refractivity contribution in [3.63, 3.8) is 0 Å². The third-order valence-corrected chi connectivity index (χ3v) is 9.32. The lowest BCUT2D eigenvalue weighted by atomic mass is 10.1. The molecule has 3 aromatic rings. The molecule has 0 bridgehead atoms. The van der Waals surface area contributed by atoms with Gasteiger partial charge in [-0.3, -0.25) is 13.9 Å². The van der Waals surface area contributed by atoms with E-state index in [4.69, 9.17) is 23.2 Å². The maximum atomic E-state index is 14.1. The summed E-state index contributed by atoms with van der Waals surface area (Å²) in [4.78, 5) is 28.7. The number of hydrogen-bond donors (Lipinski definition) is 1. The Kier molecular flexibility index (Phi) is 11.2. The largest absolute Gasteiger partial charge is 0.352 e. The second-order valence-electron chi connectivity index (χ2n) is 9.79. The molecule has 0 aliphatic heterocycles. The molecule has 7 nitrogen and oxygen atoms in total. The lowest BCUT2D eigenvalue weighted by molar-refractivity contribution is -0.140. The number of nitrogens with one attached hydrogen (secondary N) is 1. The van der Waals surface area contributed by atoms with E-state index < -0.39 is 34.3 Å². The monoisotopic (exact) mass is 621 g/mol. The molecular formula is C30H34Cl2FN3O4S. The molecule has 2 amide bonds. The van der Waals surface area contributed by atoms with E-state index in [0.29, 0.717) is 12.0 Å². The van der Waals surface area contributed by atoms with Crippen LogP contribution >= 0.6 is 23.2 Å². The van der Waals surface area contributed by atoms with Crippen molar-refractivity contribution in [3.8, 4) is 0 Å². The predicted molar refractivity (Wildman–Crippen MR) is 161 cm³/mol. The van der Waals surface area contributed by atoms with Crippen LogP contribution in [0.5, 0.6) is 0 Å². The minimum absolute atomic E-state index is 0.0203. The molecule has 0 radical (unpaired) electrons. The van der Waals surface area contributed by atoms with Crippen LogP contribution in [-0.2, 0) is 26.2 Å². The maximum Gasteiger partial charge on any atom is 0.264 e. The summed E-state index contributed by atoms with van der Waals surface area (Å²) in [5.41, 5.74) is 1.45. The van der Waals surface area contributed by atoms with Gasteiger partial charge in [0, 0.05) is 12.6 Å². The molecule has 220 valence electrons. The van der Waals surface area contributed by atoms with Crippen LogP contribution in [0.1, 0.15) is 44.7 Å². The highest BCUT2D eigenvalue weighted by Gasteiger charge is 2.35. The number of sulfonamides is 1. The van der Waals surface area contributed by atoms with E-state index in [1.807, 2.05) is 20.8 Å². The number of hydrogen-bond acceptors (Lipinski definition) is 4. The van der Waals surface area contributed by atoms with Crippen LogP contribution in [0.25, 0.3) is 0 Å². The number of rotatable bonds is 12. The molecule has 3 rings (SSSR count). The fourth-order valence-electron chi connectivity index (χ4n) is 4.18. The summed E-state index contributed by atoms with van der Waals surface area (Å²) in [6.07, 6.45) is 0.946. The molecular weight excluding hydrogens is 588 g/mol. The number of carbonyl (C=O) groups is 2. The van der Waals surface area contributed by atoms with Gasteiger partial charge in [-0.25, -0.2) is 12.8 Å². The zero-order valence-corrected chi connectivity index (χ0v) is 25.7. The smallest absolute Gasteiger partial charge is 0.264 e. The number of anilines is 1. The van der Waals surface area contributed by atoms with Gasteiger partial charge in [0.25, 0.3) is 10.0 Å². The predicted octanol–water partition coefficient (Wildman–Crippen LogP) is 6.36. The van der Waals surface area contributed by atoms with Crippen molar-refractivity contribution >= 4 is 50.7 Å². The summed E-state index contributed by atoms with van der Waals surface area (Å²) in [6, 6.07) is 15.2. The first kappa shape index (κ1) is 32.4. The van der Waals surface area contributed by atoms with Gasteiger partial charge in [-0.05, 0) is 68.7 Å². The van der Waals surface area contributed by atoms with Gasteiger partial charge < -0.3 is 10.2 Å². The number of nitrogens with zero attached hydrogens (tertiary/aromatic N) is 2. The zero-order chi connectivity index (χ0) is 30.3. The number of amides is 2. The zero-order valence-electron chi connectivity index (χ0n) is 23.4. The molecule has 0 spiro atoms. The first-order valence-electron chi connectivity index (χ1n) is 13.3. The van der Waals surface area contributed by atoms with Crippen molar-refractivity contribution in [2.24, 2.45) is 0 Å². The van der Waals surface area contributed by atoms with E-state index in [2.05, 4.69) is 5.32 Å². The summed E-state index contributed by atoms with van der Waals surface area (Å²) < 4.78 is 42.4. The Morgan fingerprint density at radius 3 is 2.17 bits per heavy atom. The lowest BCUT2D eigenvalue weighted by Gasteiger charge is -2.34. The molecule has 0 heterocycles. The van der Waals surface area contributed by atoms with Gasteiger partial charge in [0.1, 0.15) is 18.4 Å². The first-order chi connectivity index (χ1) is 19.4. The number of carbonyl (C=O) groups excluding carboxylic acids is 2. The summed E-state index contributed by atoms with van der Waals surface area (Å²) in [7, 11) is -4.30. The van der Waals surface area contributed by atoms with Gasteiger partial charge in [-0.15, -0.1) is 0 Å². The maximum absolute atomic E-state index is 14.1. The average Bonchev–Trinajstić information content (AvgIpc) is 2.94. The van der Waals surface area contributed by atoms with Crippen LogP contribution in [0, 0.1) is 12.7 Å². The third-order valence-electron chi connectivity index (χ3n) is 6.74. The Bertz CT molecular complexity index is 1470. The van der Waals surface area contributed by atoms with Crippen LogP contribution < -0.4 is 9.62 Å². The molecule has 0 aromatic heterocycles. The average molecular weight is 623 g/mol. The van der Waals surface area contributed by atoms with Gasteiger partial charge in [0.2, 0.25) is 11.8 Å². The van der Waals surface area contributed by atoms with E-state index in [9.17, 15) is 22.4 Å². The Morgan fingerprint density at radius 2 is 1.59 bits per heavy atom. The second kappa shape index (κ2) is 14.2. The lowest BCUT2D eigenvalue weighted by Crippen LogP contribution is -2.53. The normalized spacial score (nSPS) is 12.9. The first-order valence-corrected chi connectivity index (χ1v) is 15.5. The summed E-state index contributed by atoms with van der Waals surface area (Å²) >= 11 is 12.7. The third kappa shape index (κ3) is 7.99. The summed E-state index contributed by atoms with van der Waals surface area (Å²) in [5, 5.41) is 2.99. The van der Waals surface area contributed by atoms with Crippen molar-refractivity contribution < 1.29 is 22.4 Å². The van der Waals surface area contributed by atoms with Gasteiger partial charge >= 0.3 is 0 Å². The van der Waals surface area contributed by atoms with E-state index in [1.165, 1.54) is 59.5 Å². The fraction of sp³-hybridized carbons (Fsp3) is 0.333. The van der Waals surface area contributed by atoms with Crippen molar-refractivity contribution in [1.82, 2.24) is 10.2 Å². The number of aryl methyl sites for hydroxylation is 1. The molecule has 0 unspecified atom stereocenters. The SMILES string of the molecule is CC[C@H](C(=O)N[C@@H](C)CC)N(Cc1ccc(F)cc1)C(=O)CN(c1cccc(Cl)c1Cl)S(=O)(=O)c1ccc(C)cc1. The van der Waals surface area contributed by atoms with Crippen LogP contribution in [0.3, 0.4) is 0 Å². The standard InChI is InChI=1S/C30H34Cl2FN3O4S/c1-5-21(4)34-30(38)26(6-2)35(18-22-12-14-23(33)15-13-22)28(37)19-36(27-9-7-8-25(31)29(27)32)41(39,40)24-16-10-20(3)11-17-24/h7-17,21,26H,5-6,18-19H2,1-4H3,(H,34,38)/t21-,26+/m0/s1. The molecule has 11 heteroatoms. The quantitative estimate of drug-likeness (QED) is 0.255. The fourth-order valence-corrected chi connectivity index (χ4v) is 6.06. The van der Waals surface area contributed by atoms with Crippen LogP contribution in [0.15, 0.2) is 71.6 Å². The van der Waals surface area contributed by atoms with E-state index >= 15 is 0 Å². The van der Waals surface area contributed by atoms with Crippen molar-refractivity contribution in [1.29, 1.82) is 0 Å².